The molecule has 1 heterocycles. The zero-order chi connectivity index (χ0) is 20.2. The predicted molar refractivity (Wildman–Crippen MR) is 85.5 cm³/mol. The van der Waals surface area contributed by atoms with Gasteiger partial charge in [0.1, 0.15) is 17.7 Å². The number of carboxylic acid groups (broad SMARTS) is 2. The van der Waals surface area contributed by atoms with Crippen molar-refractivity contribution >= 4 is 11.9 Å². The maximum absolute atomic E-state index is 13.8. The number of aromatic carboxylic acids is 1. The van der Waals surface area contributed by atoms with Crippen LogP contribution in [-0.2, 0) is 4.79 Å². The second-order valence-corrected chi connectivity index (χ2v) is 6.34. The first-order valence-electron chi connectivity index (χ1n) is 8.33. The van der Waals surface area contributed by atoms with Crippen molar-refractivity contribution in [3.8, 4) is 5.75 Å². The number of carbonyl (C=O) groups is 2. The molecule has 6 nitrogen and oxygen atoms in total. The Morgan fingerprint density at radius 2 is 1.78 bits per heavy atom. The van der Waals surface area contributed by atoms with Gasteiger partial charge in [0.15, 0.2) is 0 Å². The number of halogens is 4. The average Bonchev–Trinajstić information content (AvgIpc) is 3.40. The second-order valence-electron chi connectivity index (χ2n) is 6.34. The van der Waals surface area contributed by atoms with Gasteiger partial charge in [-0.3, -0.25) is 0 Å². The van der Waals surface area contributed by atoms with Crippen LogP contribution in [0.15, 0.2) is 12.1 Å². The van der Waals surface area contributed by atoms with Gasteiger partial charge in [-0.2, -0.15) is 13.2 Å². The van der Waals surface area contributed by atoms with Crippen LogP contribution in [-0.4, -0.2) is 47.5 Å². The van der Waals surface area contributed by atoms with Gasteiger partial charge in [0.2, 0.25) is 0 Å². The van der Waals surface area contributed by atoms with Crippen molar-refractivity contribution < 1.29 is 42.1 Å². The highest BCUT2D eigenvalue weighted by atomic mass is 19.4. The van der Waals surface area contributed by atoms with Crippen LogP contribution >= 0.6 is 0 Å². The molecule has 0 unspecified atom stereocenters. The summed E-state index contributed by atoms with van der Waals surface area (Å²) < 4.78 is 51.5. The summed E-state index contributed by atoms with van der Waals surface area (Å²) in [6.45, 7) is 1.74. The minimum atomic E-state index is -5.08. The molecule has 3 N–H and O–H groups in total. The minimum Gasteiger partial charge on any atom is -0.489 e. The molecule has 0 bridgehead atoms. The number of ether oxygens (including phenoxy) is 1. The normalized spacial score (nSPS) is 19.6. The van der Waals surface area contributed by atoms with Crippen molar-refractivity contribution in [2.75, 3.05) is 13.1 Å². The molecule has 27 heavy (non-hydrogen) atoms. The van der Waals surface area contributed by atoms with E-state index in [1.54, 1.807) is 0 Å². The molecule has 0 radical (unpaired) electrons. The molecule has 0 amide bonds. The molecule has 2 fully saturated rings. The van der Waals surface area contributed by atoms with E-state index in [9.17, 15) is 22.4 Å². The van der Waals surface area contributed by atoms with Crippen LogP contribution in [0.1, 0.15) is 47.5 Å². The van der Waals surface area contributed by atoms with Gasteiger partial charge in [-0.1, -0.05) is 0 Å². The Bertz CT molecular complexity index is 697. The third-order valence-corrected chi connectivity index (χ3v) is 4.13. The fourth-order valence-corrected chi connectivity index (χ4v) is 2.65. The van der Waals surface area contributed by atoms with Crippen LogP contribution in [0.5, 0.6) is 5.75 Å². The van der Waals surface area contributed by atoms with Crippen LogP contribution < -0.4 is 10.1 Å². The van der Waals surface area contributed by atoms with Gasteiger partial charge in [-0.25, -0.2) is 14.0 Å². The first kappa shape index (κ1) is 20.9. The van der Waals surface area contributed by atoms with E-state index in [-0.39, 0.29) is 11.7 Å². The molecule has 1 saturated carbocycles. The standard InChI is InChI=1S/C15H18FNO3.C2HF3O2/c16-13-7-14(20-10-2-1-5-17-8-10)11(9-3-4-9)6-12(13)15(18)19;3-2(4,5)1(6)7/h6-7,9-10,17H,1-5,8H2,(H,18,19);(H,6,7)/t10-;/m1./s1. The third-order valence-electron chi connectivity index (χ3n) is 4.13. The lowest BCUT2D eigenvalue weighted by atomic mass is 10.0. The SMILES string of the molecule is O=C(O)C(F)(F)F.O=C(O)c1cc(C2CC2)c(O[C@@H]2CCCNC2)cc1F. The van der Waals surface area contributed by atoms with Crippen LogP contribution in [0.4, 0.5) is 17.6 Å². The zero-order valence-corrected chi connectivity index (χ0v) is 14.2. The van der Waals surface area contributed by atoms with E-state index in [4.69, 9.17) is 19.7 Å². The lowest BCUT2D eigenvalue weighted by molar-refractivity contribution is -0.192. The monoisotopic (exact) mass is 393 g/mol. The lowest BCUT2D eigenvalue weighted by Gasteiger charge is -2.25. The summed E-state index contributed by atoms with van der Waals surface area (Å²) in [6, 6.07) is 2.69. The van der Waals surface area contributed by atoms with E-state index in [2.05, 4.69) is 5.32 Å². The maximum Gasteiger partial charge on any atom is 0.490 e. The van der Waals surface area contributed by atoms with E-state index in [0.29, 0.717) is 11.7 Å². The van der Waals surface area contributed by atoms with Gasteiger partial charge < -0.3 is 20.3 Å². The number of aliphatic carboxylic acids is 1. The lowest BCUT2D eigenvalue weighted by Crippen LogP contribution is -2.37. The summed E-state index contributed by atoms with van der Waals surface area (Å²) in [7, 11) is 0. The van der Waals surface area contributed by atoms with E-state index < -0.39 is 23.9 Å². The topological polar surface area (TPSA) is 95.9 Å². The molecule has 0 spiro atoms. The quantitative estimate of drug-likeness (QED) is 0.680. The molecule has 10 heteroatoms. The summed E-state index contributed by atoms with van der Waals surface area (Å²) >= 11 is 0. The van der Waals surface area contributed by atoms with Gasteiger partial charge in [0.05, 0.1) is 5.56 Å². The van der Waals surface area contributed by atoms with Crippen LogP contribution in [0.3, 0.4) is 0 Å². The van der Waals surface area contributed by atoms with Gasteiger partial charge in [0.25, 0.3) is 0 Å². The number of rotatable bonds is 4. The molecule has 1 atom stereocenters. The first-order valence-corrected chi connectivity index (χ1v) is 8.33. The molecule has 3 rings (SSSR count). The summed E-state index contributed by atoms with van der Waals surface area (Å²) in [4.78, 5) is 19.9. The first-order chi connectivity index (χ1) is 12.6. The van der Waals surface area contributed by atoms with E-state index in [1.165, 1.54) is 12.1 Å². The van der Waals surface area contributed by atoms with Gasteiger partial charge >= 0.3 is 18.1 Å². The Kier molecular flexibility index (Phi) is 6.63. The smallest absolute Gasteiger partial charge is 0.489 e. The van der Waals surface area contributed by atoms with Gasteiger partial charge in [0, 0.05) is 12.6 Å². The van der Waals surface area contributed by atoms with E-state index in [1.807, 2.05) is 0 Å². The van der Waals surface area contributed by atoms with Crippen LogP contribution in [0.2, 0.25) is 0 Å². The van der Waals surface area contributed by atoms with Crippen molar-refractivity contribution in [1.29, 1.82) is 0 Å². The van der Waals surface area contributed by atoms with Crippen molar-refractivity contribution in [2.45, 2.75) is 43.9 Å². The number of piperidine rings is 1. The molecule has 1 aromatic carbocycles. The van der Waals surface area contributed by atoms with Crippen LogP contribution in [0.25, 0.3) is 0 Å². The number of carboxylic acids is 2. The van der Waals surface area contributed by atoms with Crippen molar-refractivity contribution in [1.82, 2.24) is 5.32 Å². The Morgan fingerprint density at radius 1 is 1.15 bits per heavy atom. The van der Waals surface area contributed by atoms with E-state index in [0.717, 1.165) is 44.3 Å². The minimum absolute atomic E-state index is 0.0383. The highest BCUT2D eigenvalue weighted by Crippen LogP contribution is 2.45. The molecule has 1 aromatic rings. The number of hydrogen-bond acceptors (Lipinski definition) is 4. The molecular weight excluding hydrogens is 374 g/mol. The maximum atomic E-state index is 13.8. The molecule has 0 aromatic heterocycles. The summed E-state index contributed by atoms with van der Waals surface area (Å²) in [5.41, 5.74) is 0.579. The highest BCUT2D eigenvalue weighted by molar-refractivity contribution is 5.88. The molecule has 2 aliphatic rings. The average molecular weight is 393 g/mol. The number of nitrogens with one attached hydrogen (secondary N) is 1. The number of hydrogen-bond donors (Lipinski definition) is 3. The Balaban J connectivity index is 0.000000321. The fourth-order valence-electron chi connectivity index (χ4n) is 2.65. The third kappa shape index (κ3) is 6.09. The van der Waals surface area contributed by atoms with Crippen molar-refractivity contribution in [3.63, 3.8) is 0 Å². The predicted octanol–water partition coefficient (Wildman–Crippen LogP) is 3.17. The zero-order valence-electron chi connectivity index (χ0n) is 14.2. The fraction of sp³-hybridized carbons (Fsp3) is 0.529. The Labute approximate surface area is 152 Å². The summed E-state index contributed by atoms with van der Waals surface area (Å²) in [6.07, 6.45) is -1.02. The van der Waals surface area contributed by atoms with Gasteiger partial charge in [-0.05, 0) is 49.8 Å². The highest BCUT2D eigenvalue weighted by Gasteiger charge is 2.38. The Hall–Kier alpha value is -2.36. The number of alkyl halides is 3. The molecular formula is C17H19F4NO5. The van der Waals surface area contributed by atoms with E-state index >= 15 is 0 Å². The summed E-state index contributed by atoms with van der Waals surface area (Å²) in [5.74, 6) is -3.87. The molecule has 1 aliphatic heterocycles. The Morgan fingerprint density at radius 3 is 2.22 bits per heavy atom. The van der Waals surface area contributed by atoms with Crippen LogP contribution in [0, 0.1) is 5.82 Å². The van der Waals surface area contributed by atoms with Crippen molar-refractivity contribution in [3.05, 3.63) is 29.1 Å². The summed E-state index contributed by atoms with van der Waals surface area (Å²) in [5, 5.41) is 19.4. The largest absolute Gasteiger partial charge is 0.490 e. The second kappa shape index (κ2) is 8.55. The molecule has 1 aliphatic carbocycles. The molecule has 1 saturated heterocycles. The van der Waals surface area contributed by atoms with Gasteiger partial charge in [-0.15, -0.1) is 0 Å². The number of benzene rings is 1. The molecule has 150 valence electrons. The van der Waals surface area contributed by atoms with Crippen molar-refractivity contribution in [2.24, 2.45) is 0 Å².